The lowest BCUT2D eigenvalue weighted by Crippen LogP contribution is -2.37. The van der Waals surface area contributed by atoms with E-state index in [0.717, 1.165) is 19.6 Å². The zero-order chi connectivity index (χ0) is 10.5. The molecule has 1 unspecified atom stereocenters. The Bertz CT molecular complexity index is 264. The number of rotatable bonds is 5. The number of nitrogens with zero attached hydrogens (tertiary/aromatic N) is 2. The molecule has 1 aliphatic heterocycles. The highest BCUT2D eigenvalue weighted by Gasteiger charge is 2.21. The molecule has 1 aliphatic rings. The fourth-order valence-corrected chi connectivity index (χ4v) is 2.22. The molecule has 15 heavy (non-hydrogen) atoms. The Kier molecular flexibility index (Phi) is 3.75. The van der Waals surface area contributed by atoms with Crippen molar-refractivity contribution < 1.29 is 0 Å². The molecule has 4 heteroatoms. The van der Waals surface area contributed by atoms with Gasteiger partial charge < -0.3 is 10.3 Å². The van der Waals surface area contributed by atoms with E-state index in [1.807, 2.05) is 6.20 Å². The second-order valence-corrected chi connectivity index (χ2v) is 4.19. The third-order valence-corrected chi connectivity index (χ3v) is 2.99. The Morgan fingerprint density at radius 1 is 1.60 bits per heavy atom. The average molecular weight is 208 g/mol. The molecule has 0 radical (unpaired) electrons. The maximum atomic E-state index is 4.06. The van der Waals surface area contributed by atoms with Gasteiger partial charge in [-0.25, -0.2) is 4.98 Å². The van der Waals surface area contributed by atoms with Gasteiger partial charge in [0.05, 0.1) is 6.33 Å². The number of hydrogen-bond donors (Lipinski definition) is 2. The fraction of sp³-hybridized carbons (Fsp3) is 0.727. The van der Waals surface area contributed by atoms with Gasteiger partial charge in [0.25, 0.3) is 0 Å². The quantitative estimate of drug-likeness (QED) is 0.758. The molecule has 2 heterocycles. The third kappa shape index (κ3) is 2.79. The lowest BCUT2D eigenvalue weighted by Gasteiger charge is -2.27. The van der Waals surface area contributed by atoms with E-state index < -0.39 is 0 Å². The predicted molar refractivity (Wildman–Crippen MR) is 60.6 cm³/mol. The van der Waals surface area contributed by atoms with Gasteiger partial charge in [-0.05, 0) is 25.9 Å². The molecular weight excluding hydrogens is 188 g/mol. The van der Waals surface area contributed by atoms with Crippen LogP contribution in [0.4, 0.5) is 0 Å². The van der Waals surface area contributed by atoms with E-state index in [9.17, 15) is 0 Å². The summed E-state index contributed by atoms with van der Waals surface area (Å²) in [7, 11) is 0. The minimum absolute atomic E-state index is 0.702. The van der Waals surface area contributed by atoms with Crippen LogP contribution in [0, 0.1) is 0 Å². The predicted octanol–water partition coefficient (Wildman–Crippen LogP) is 0.984. The van der Waals surface area contributed by atoms with Crippen LogP contribution >= 0.6 is 0 Å². The minimum atomic E-state index is 0.702. The van der Waals surface area contributed by atoms with Gasteiger partial charge in [0.15, 0.2) is 0 Å². The van der Waals surface area contributed by atoms with Crippen molar-refractivity contribution in [2.24, 2.45) is 0 Å². The molecular formula is C11H20N4. The van der Waals surface area contributed by atoms with Gasteiger partial charge in [0.2, 0.25) is 0 Å². The monoisotopic (exact) mass is 208 g/mol. The van der Waals surface area contributed by atoms with Gasteiger partial charge >= 0.3 is 0 Å². The zero-order valence-corrected chi connectivity index (χ0v) is 9.37. The molecule has 84 valence electrons. The Morgan fingerprint density at radius 2 is 2.53 bits per heavy atom. The van der Waals surface area contributed by atoms with E-state index in [0.29, 0.717) is 6.04 Å². The Balaban J connectivity index is 1.93. The van der Waals surface area contributed by atoms with Crippen LogP contribution in [0.5, 0.6) is 0 Å². The number of hydrogen-bond acceptors (Lipinski definition) is 3. The Hall–Kier alpha value is -0.870. The smallest absolute Gasteiger partial charge is 0.0922 e. The summed E-state index contributed by atoms with van der Waals surface area (Å²) in [6.45, 7) is 6.70. The molecule has 0 bridgehead atoms. The standard InChI is InChI=1S/C11H20N4/c1-2-5-15(11-3-4-12-7-11)8-10-6-13-9-14-10/h6,9,11-12H,2-5,7-8H2,1H3,(H,13,14). The molecule has 1 atom stereocenters. The van der Waals surface area contributed by atoms with Crippen LogP contribution in [0.3, 0.4) is 0 Å². The summed E-state index contributed by atoms with van der Waals surface area (Å²) in [4.78, 5) is 9.79. The first kappa shape index (κ1) is 10.6. The highest BCUT2D eigenvalue weighted by molar-refractivity contribution is 4.95. The first-order chi connectivity index (χ1) is 7.40. The van der Waals surface area contributed by atoms with Crippen molar-refractivity contribution >= 4 is 0 Å². The number of imidazole rings is 1. The topological polar surface area (TPSA) is 44.0 Å². The molecule has 1 aromatic heterocycles. The summed E-state index contributed by atoms with van der Waals surface area (Å²) in [5.74, 6) is 0. The second kappa shape index (κ2) is 5.28. The van der Waals surface area contributed by atoms with Gasteiger partial charge in [-0.3, -0.25) is 4.90 Å². The van der Waals surface area contributed by atoms with Crippen LogP contribution in [0.15, 0.2) is 12.5 Å². The fourth-order valence-electron chi connectivity index (χ4n) is 2.22. The summed E-state index contributed by atoms with van der Waals surface area (Å²) in [6, 6.07) is 0.702. The van der Waals surface area contributed by atoms with Crippen LogP contribution in [-0.2, 0) is 6.54 Å². The van der Waals surface area contributed by atoms with E-state index in [-0.39, 0.29) is 0 Å². The summed E-state index contributed by atoms with van der Waals surface area (Å²) in [5, 5.41) is 3.42. The molecule has 0 aromatic carbocycles. The van der Waals surface area contributed by atoms with Crippen molar-refractivity contribution in [2.75, 3.05) is 19.6 Å². The molecule has 0 aliphatic carbocycles. The lowest BCUT2D eigenvalue weighted by atomic mass is 10.2. The van der Waals surface area contributed by atoms with Crippen LogP contribution in [0.2, 0.25) is 0 Å². The zero-order valence-electron chi connectivity index (χ0n) is 9.37. The van der Waals surface area contributed by atoms with Gasteiger partial charge in [0, 0.05) is 31.0 Å². The van der Waals surface area contributed by atoms with Crippen molar-refractivity contribution in [3.05, 3.63) is 18.2 Å². The van der Waals surface area contributed by atoms with Crippen molar-refractivity contribution in [1.82, 2.24) is 20.2 Å². The van der Waals surface area contributed by atoms with E-state index >= 15 is 0 Å². The number of H-pyrrole nitrogens is 1. The minimum Gasteiger partial charge on any atom is -0.347 e. The van der Waals surface area contributed by atoms with E-state index in [2.05, 4.69) is 27.1 Å². The maximum absolute atomic E-state index is 4.06. The molecule has 2 N–H and O–H groups in total. The lowest BCUT2D eigenvalue weighted by molar-refractivity contribution is 0.197. The van der Waals surface area contributed by atoms with Crippen LogP contribution in [-0.4, -0.2) is 40.5 Å². The molecule has 1 fully saturated rings. The van der Waals surface area contributed by atoms with Crippen molar-refractivity contribution in [2.45, 2.75) is 32.4 Å². The molecule has 2 rings (SSSR count). The first-order valence-corrected chi connectivity index (χ1v) is 5.82. The van der Waals surface area contributed by atoms with Crippen LogP contribution in [0.25, 0.3) is 0 Å². The molecule has 0 saturated carbocycles. The van der Waals surface area contributed by atoms with Crippen LogP contribution < -0.4 is 5.32 Å². The Labute approximate surface area is 91.1 Å². The van der Waals surface area contributed by atoms with Gasteiger partial charge in [-0.2, -0.15) is 0 Å². The van der Waals surface area contributed by atoms with Gasteiger partial charge in [-0.1, -0.05) is 6.92 Å². The van der Waals surface area contributed by atoms with Gasteiger partial charge in [0.1, 0.15) is 0 Å². The van der Waals surface area contributed by atoms with E-state index in [4.69, 9.17) is 0 Å². The number of aromatic nitrogens is 2. The second-order valence-electron chi connectivity index (χ2n) is 4.19. The maximum Gasteiger partial charge on any atom is 0.0922 e. The summed E-state index contributed by atoms with van der Waals surface area (Å²) >= 11 is 0. The largest absolute Gasteiger partial charge is 0.347 e. The summed E-state index contributed by atoms with van der Waals surface area (Å²) < 4.78 is 0. The molecule has 1 saturated heterocycles. The number of aromatic amines is 1. The first-order valence-electron chi connectivity index (χ1n) is 5.82. The average Bonchev–Trinajstić information content (AvgIpc) is 2.89. The molecule has 0 spiro atoms. The van der Waals surface area contributed by atoms with Crippen LogP contribution in [0.1, 0.15) is 25.5 Å². The summed E-state index contributed by atoms with van der Waals surface area (Å²) in [5.41, 5.74) is 1.22. The van der Waals surface area contributed by atoms with Gasteiger partial charge in [-0.15, -0.1) is 0 Å². The normalized spacial score (nSPS) is 21.3. The number of nitrogens with one attached hydrogen (secondary N) is 2. The van der Waals surface area contributed by atoms with E-state index in [1.165, 1.54) is 25.1 Å². The molecule has 1 aromatic rings. The van der Waals surface area contributed by atoms with Crippen molar-refractivity contribution in [1.29, 1.82) is 0 Å². The highest BCUT2D eigenvalue weighted by Crippen LogP contribution is 2.12. The van der Waals surface area contributed by atoms with Crippen molar-refractivity contribution in [3.8, 4) is 0 Å². The molecule has 4 nitrogen and oxygen atoms in total. The SMILES string of the molecule is CCCN(Cc1cnc[nH]1)C1CCNC1. The van der Waals surface area contributed by atoms with E-state index in [1.54, 1.807) is 6.33 Å². The third-order valence-electron chi connectivity index (χ3n) is 2.99. The highest BCUT2D eigenvalue weighted by atomic mass is 15.2. The summed E-state index contributed by atoms with van der Waals surface area (Å²) in [6.07, 6.45) is 6.16. The molecule has 0 amide bonds. The Morgan fingerprint density at radius 3 is 3.13 bits per heavy atom. The van der Waals surface area contributed by atoms with Crippen molar-refractivity contribution in [3.63, 3.8) is 0 Å².